The van der Waals surface area contributed by atoms with Gasteiger partial charge in [0, 0.05) is 31.6 Å². The molecule has 0 saturated carbocycles. The molecule has 0 radical (unpaired) electrons. The van der Waals surface area contributed by atoms with E-state index in [1.807, 2.05) is 54.6 Å². The lowest BCUT2D eigenvalue weighted by Gasteiger charge is -2.35. The van der Waals surface area contributed by atoms with Crippen molar-refractivity contribution in [2.45, 2.75) is 4.90 Å². The number of anilines is 1. The minimum atomic E-state index is -3.56. The van der Waals surface area contributed by atoms with E-state index in [1.165, 1.54) is 0 Å². The second-order valence-corrected chi connectivity index (χ2v) is 9.51. The van der Waals surface area contributed by atoms with E-state index in [-0.39, 0.29) is 5.28 Å². The fraction of sp³-hybridized carbons (Fsp3) is 0.182. The standard InChI is InChI=1S/C22H19ClN4O2S/c23-22-24-20-8-4-3-7-19(20)21(25-22)26-11-13-27(14-12-26)30(28,29)18-10-9-16-5-1-2-6-17(16)15-18/h1-10,15H,11-14H2. The van der Waals surface area contributed by atoms with E-state index in [4.69, 9.17) is 11.6 Å². The molecular weight excluding hydrogens is 420 g/mol. The number of sulfonamides is 1. The minimum absolute atomic E-state index is 0.190. The molecule has 2 heterocycles. The van der Waals surface area contributed by atoms with Crippen LogP contribution < -0.4 is 4.90 Å². The van der Waals surface area contributed by atoms with E-state index >= 15 is 0 Å². The maximum atomic E-state index is 13.2. The molecule has 0 aliphatic carbocycles. The highest BCUT2D eigenvalue weighted by atomic mass is 35.5. The van der Waals surface area contributed by atoms with Crippen LogP contribution in [0.25, 0.3) is 21.7 Å². The number of aromatic nitrogens is 2. The molecule has 152 valence electrons. The van der Waals surface area contributed by atoms with Gasteiger partial charge < -0.3 is 4.90 Å². The van der Waals surface area contributed by atoms with E-state index in [0.717, 1.165) is 27.5 Å². The summed E-state index contributed by atoms with van der Waals surface area (Å²) < 4.78 is 27.9. The Hall–Kier alpha value is -2.74. The lowest BCUT2D eigenvalue weighted by molar-refractivity contribution is 0.384. The van der Waals surface area contributed by atoms with Gasteiger partial charge in [-0.05, 0) is 46.6 Å². The summed E-state index contributed by atoms with van der Waals surface area (Å²) >= 11 is 6.12. The van der Waals surface area contributed by atoms with Gasteiger partial charge in [-0.2, -0.15) is 9.29 Å². The van der Waals surface area contributed by atoms with Crippen molar-refractivity contribution >= 4 is 49.1 Å². The summed E-state index contributed by atoms with van der Waals surface area (Å²) in [6.07, 6.45) is 0. The number of benzene rings is 3. The molecule has 0 spiro atoms. The highest BCUT2D eigenvalue weighted by Gasteiger charge is 2.29. The van der Waals surface area contributed by atoms with Crippen LogP contribution in [0.2, 0.25) is 5.28 Å². The van der Waals surface area contributed by atoms with Crippen LogP contribution in [0, 0.1) is 0 Å². The Labute approximate surface area is 179 Å². The van der Waals surface area contributed by atoms with Crippen molar-refractivity contribution in [3.8, 4) is 0 Å². The lowest BCUT2D eigenvalue weighted by atomic mass is 10.1. The molecule has 5 rings (SSSR count). The number of nitrogens with zero attached hydrogens (tertiary/aromatic N) is 4. The fourth-order valence-electron chi connectivity index (χ4n) is 3.89. The first kappa shape index (κ1) is 19.2. The first-order valence-corrected chi connectivity index (χ1v) is 11.5. The predicted octanol–water partition coefficient (Wildman–Crippen LogP) is 3.95. The molecule has 3 aromatic carbocycles. The van der Waals surface area contributed by atoms with Crippen LogP contribution in [0.1, 0.15) is 0 Å². The third-order valence-electron chi connectivity index (χ3n) is 5.45. The largest absolute Gasteiger partial charge is 0.353 e. The summed E-state index contributed by atoms with van der Waals surface area (Å²) in [5.74, 6) is 0.744. The van der Waals surface area contributed by atoms with Gasteiger partial charge in [-0.3, -0.25) is 0 Å². The molecule has 1 aromatic heterocycles. The molecular formula is C22H19ClN4O2S. The molecule has 0 atom stereocenters. The molecule has 4 aromatic rings. The van der Waals surface area contributed by atoms with E-state index < -0.39 is 10.0 Å². The van der Waals surface area contributed by atoms with Crippen LogP contribution in [0.3, 0.4) is 0 Å². The van der Waals surface area contributed by atoms with Crippen molar-refractivity contribution < 1.29 is 8.42 Å². The second kappa shape index (κ2) is 7.50. The van der Waals surface area contributed by atoms with E-state index in [0.29, 0.717) is 31.1 Å². The Morgan fingerprint density at radius 3 is 2.30 bits per heavy atom. The molecule has 1 fully saturated rings. The molecule has 0 amide bonds. The lowest BCUT2D eigenvalue weighted by Crippen LogP contribution is -2.49. The first-order chi connectivity index (χ1) is 14.5. The molecule has 0 unspecified atom stereocenters. The number of halogens is 1. The van der Waals surface area contributed by atoms with Crippen LogP contribution in [-0.2, 0) is 10.0 Å². The Morgan fingerprint density at radius 2 is 1.50 bits per heavy atom. The molecule has 8 heteroatoms. The van der Waals surface area contributed by atoms with Gasteiger partial charge in [0.05, 0.1) is 10.4 Å². The third kappa shape index (κ3) is 3.39. The fourth-order valence-corrected chi connectivity index (χ4v) is 5.52. The highest BCUT2D eigenvalue weighted by molar-refractivity contribution is 7.89. The van der Waals surface area contributed by atoms with Crippen LogP contribution >= 0.6 is 11.6 Å². The maximum Gasteiger partial charge on any atom is 0.243 e. The van der Waals surface area contributed by atoms with Gasteiger partial charge in [0.1, 0.15) is 5.82 Å². The average Bonchev–Trinajstić information content (AvgIpc) is 2.78. The van der Waals surface area contributed by atoms with Gasteiger partial charge in [-0.15, -0.1) is 0 Å². The zero-order valence-electron chi connectivity index (χ0n) is 16.1. The summed E-state index contributed by atoms with van der Waals surface area (Å²) in [6.45, 7) is 1.82. The quantitative estimate of drug-likeness (QED) is 0.453. The number of hydrogen-bond donors (Lipinski definition) is 0. The monoisotopic (exact) mass is 438 g/mol. The predicted molar refractivity (Wildman–Crippen MR) is 119 cm³/mol. The number of hydrogen-bond acceptors (Lipinski definition) is 5. The zero-order chi connectivity index (χ0) is 20.7. The zero-order valence-corrected chi connectivity index (χ0v) is 17.6. The Kier molecular flexibility index (Phi) is 4.81. The summed E-state index contributed by atoms with van der Waals surface area (Å²) in [5.41, 5.74) is 0.777. The molecule has 30 heavy (non-hydrogen) atoms. The van der Waals surface area contributed by atoms with E-state index in [1.54, 1.807) is 16.4 Å². The average molecular weight is 439 g/mol. The van der Waals surface area contributed by atoms with Crippen LogP contribution in [0.4, 0.5) is 5.82 Å². The van der Waals surface area contributed by atoms with E-state index in [2.05, 4.69) is 14.9 Å². The Bertz CT molecular complexity index is 1350. The van der Waals surface area contributed by atoms with Gasteiger partial charge in [-0.1, -0.05) is 42.5 Å². The summed E-state index contributed by atoms with van der Waals surface area (Å²) in [4.78, 5) is 11.1. The molecule has 0 bridgehead atoms. The summed E-state index contributed by atoms with van der Waals surface area (Å²) in [6, 6.07) is 20.7. The van der Waals surface area contributed by atoms with Gasteiger partial charge in [0.15, 0.2) is 0 Å². The maximum absolute atomic E-state index is 13.2. The summed E-state index contributed by atoms with van der Waals surface area (Å²) in [5, 5.41) is 3.04. The number of para-hydroxylation sites is 1. The third-order valence-corrected chi connectivity index (χ3v) is 7.52. The minimum Gasteiger partial charge on any atom is -0.353 e. The van der Waals surface area contributed by atoms with E-state index in [9.17, 15) is 8.42 Å². The van der Waals surface area contributed by atoms with Crippen molar-refractivity contribution in [2.24, 2.45) is 0 Å². The van der Waals surface area contributed by atoms with Crippen LogP contribution in [-0.4, -0.2) is 48.9 Å². The Balaban J connectivity index is 1.40. The van der Waals surface area contributed by atoms with Crippen molar-refractivity contribution in [1.29, 1.82) is 0 Å². The molecule has 1 aliphatic rings. The van der Waals surface area contributed by atoms with Crippen LogP contribution in [0.5, 0.6) is 0 Å². The van der Waals surface area contributed by atoms with Gasteiger partial charge in [0.2, 0.25) is 15.3 Å². The number of piperazine rings is 1. The highest BCUT2D eigenvalue weighted by Crippen LogP contribution is 2.28. The normalized spacial score (nSPS) is 15.7. The topological polar surface area (TPSA) is 66.4 Å². The molecule has 1 aliphatic heterocycles. The van der Waals surface area contributed by atoms with Crippen LogP contribution in [0.15, 0.2) is 71.6 Å². The Morgan fingerprint density at radius 1 is 0.800 bits per heavy atom. The first-order valence-electron chi connectivity index (χ1n) is 9.68. The SMILES string of the molecule is O=S(=O)(c1ccc2ccccc2c1)N1CCN(c2nc(Cl)nc3ccccc23)CC1. The summed E-state index contributed by atoms with van der Waals surface area (Å²) in [7, 11) is -3.56. The van der Waals surface area contributed by atoms with Crippen molar-refractivity contribution in [2.75, 3.05) is 31.1 Å². The van der Waals surface area contributed by atoms with Crippen molar-refractivity contribution in [3.05, 3.63) is 72.0 Å². The van der Waals surface area contributed by atoms with Crippen molar-refractivity contribution in [3.63, 3.8) is 0 Å². The van der Waals surface area contributed by atoms with Gasteiger partial charge in [-0.25, -0.2) is 13.4 Å². The van der Waals surface area contributed by atoms with Gasteiger partial charge in [0.25, 0.3) is 0 Å². The van der Waals surface area contributed by atoms with Gasteiger partial charge >= 0.3 is 0 Å². The number of rotatable bonds is 3. The van der Waals surface area contributed by atoms with Crippen molar-refractivity contribution in [1.82, 2.24) is 14.3 Å². The molecule has 6 nitrogen and oxygen atoms in total. The smallest absolute Gasteiger partial charge is 0.243 e. The number of fused-ring (bicyclic) bond motifs is 2. The molecule has 0 N–H and O–H groups in total. The second-order valence-electron chi connectivity index (χ2n) is 7.23. The molecule has 1 saturated heterocycles.